The third-order valence-electron chi connectivity index (χ3n) is 4.58. The van der Waals surface area contributed by atoms with E-state index in [1.807, 2.05) is 6.07 Å². The maximum atomic E-state index is 12.9. The Morgan fingerprint density at radius 3 is 2.16 bits per heavy atom. The highest BCUT2D eigenvalue weighted by Gasteiger charge is 2.44. The molecule has 2 aromatic carbocycles. The van der Waals surface area contributed by atoms with Crippen molar-refractivity contribution in [2.75, 3.05) is 6.54 Å². The standard InChI is InChI=1S/C20H17F6NO4S/c1-18(2,32(30,31)15-5-3-4-14(10-15)20(24,25)26)17(29)27-11-16(28)12-6-8-13(9-7-12)19(21,22)23/h3-6,8,10,16,28H,11H2,1-2H3,(H,27,29). The minimum absolute atomic E-state index is 0.142. The van der Waals surface area contributed by atoms with E-state index in [-0.39, 0.29) is 5.56 Å². The van der Waals surface area contributed by atoms with E-state index in [1.54, 1.807) is 0 Å². The molecule has 174 valence electrons. The highest BCUT2D eigenvalue weighted by atomic mass is 32.2. The molecule has 0 aliphatic rings. The molecule has 5 nitrogen and oxygen atoms in total. The van der Waals surface area contributed by atoms with Crippen LogP contribution in [0.3, 0.4) is 0 Å². The zero-order valence-electron chi connectivity index (χ0n) is 16.6. The number of aliphatic hydroxyl groups is 1. The fourth-order valence-electron chi connectivity index (χ4n) is 2.52. The molecule has 0 fully saturated rings. The number of nitrogens with one attached hydrogen (secondary N) is 1. The Hall–Kier alpha value is -2.78. The van der Waals surface area contributed by atoms with Crippen LogP contribution in [0.25, 0.3) is 0 Å². The van der Waals surface area contributed by atoms with Crippen molar-refractivity contribution in [3.05, 3.63) is 65.2 Å². The number of carbonyl (C=O) groups excluding carboxylic acids is 1. The molecule has 0 aliphatic carbocycles. The van der Waals surface area contributed by atoms with Crippen LogP contribution in [0.1, 0.15) is 36.6 Å². The second-order valence-corrected chi connectivity index (χ2v) is 9.71. The number of hydrogen-bond donors (Lipinski definition) is 2. The van der Waals surface area contributed by atoms with Crippen molar-refractivity contribution in [2.24, 2.45) is 0 Å². The summed E-state index contributed by atoms with van der Waals surface area (Å²) in [5, 5.41) is 12.2. The zero-order chi connectivity index (χ0) is 24.5. The van der Waals surface area contributed by atoms with Gasteiger partial charge >= 0.3 is 12.4 Å². The molecule has 1 atom stereocenters. The number of carbonyl (C=O) groups is 1. The van der Waals surface area contributed by atoms with Crippen LogP contribution in [0.15, 0.2) is 41.3 Å². The lowest BCUT2D eigenvalue weighted by Gasteiger charge is -2.25. The molecular formula is C20H17F6NO4S. The van der Waals surface area contributed by atoms with Crippen LogP contribution < -0.4 is 5.32 Å². The van der Waals surface area contributed by atoms with Crippen molar-refractivity contribution < 1.29 is 44.7 Å². The van der Waals surface area contributed by atoms with E-state index in [0.717, 1.165) is 32.0 Å². The van der Waals surface area contributed by atoms with Crippen molar-refractivity contribution in [1.82, 2.24) is 5.32 Å². The number of halogens is 6. The Morgan fingerprint density at radius 1 is 1.03 bits per heavy atom. The molecule has 2 N–H and O–H groups in total. The monoisotopic (exact) mass is 481 g/mol. The van der Waals surface area contributed by atoms with Gasteiger partial charge in [0.25, 0.3) is 0 Å². The summed E-state index contributed by atoms with van der Waals surface area (Å²) in [5.74, 6) is -1.13. The van der Waals surface area contributed by atoms with Crippen molar-refractivity contribution in [1.29, 1.82) is 0 Å². The maximum absolute atomic E-state index is 12.9. The summed E-state index contributed by atoms with van der Waals surface area (Å²) in [5.41, 5.74) is -2.47. The van der Waals surface area contributed by atoms with Gasteiger partial charge in [0.15, 0.2) is 9.84 Å². The van der Waals surface area contributed by atoms with Crippen LogP contribution in [-0.4, -0.2) is 30.7 Å². The highest BCUT2D eigenvalue weighted by Crippen LogP contribution is 2.33. The summed E-state index contributed by atoms with van der Waals surface area (Å²) in [7, 11) is -4.59. The van der Waals surface area contributed by atoms with E-state index < -0.39 is 61.5 Å². The van der Waals surface area contributed by atoms with E-state index in [1.165, 1.54) is 0 Å². The molecule has 0 saturated carbocycles. The molecule has 2 aromatic rings. The lowest BCUT2D eigenvalue weighted by atomic mass is 10.1. The Labute approximate surface area is 180 Å². The summed E-state index contributed by atoms with van der Waals surface area (Å²) in [6, 6.07) is 8.41. The van der Waals surface area contributed by atoms with Crippen LogP contribution in [0, 0.1) is 12.1 Å². The second kappa shape index (κ2) is 8.63. The summed E-state index contributed by atoms with van der Waals surface area (Å²) >= 11 is 0. The molecule has 0 aromatic heterocycles. The Kier molecular flexibility index (Phi) is 6.87. The van der Waals surface area contributed by atoms with Gasteiger partial charge in [0.1, 0.15) is 16.4 Å². The molecular weight excluding hydrogens is 464 g/mol. The lowest BCUT2D eigenvalue weighted by Crippen LogP contribution is -2.48. The van der Waals surface area contributed by atoms with Crippen LogP contribution in [0.5, 0.6) is 0 Å². The van der Waals surface area contributed by atoms with E-state index >= 15 is 0 Å². The molecule has 32 heavy (non-hydrogen) atoms. The van der Waals surface area contributed by atoms with E-state index in [4.69, 9.17) is 0 Å². The number of rotatable bonds is 6. The van der Waals surface area contributed by atoms with Crippen molar-refractivity contribution >= 4 is 15.7 Å². The number of alkyl halides is 6. The van der Waals surface area contributed by atoms with Gasteiger partial charge in [-0.3, -0.25) is 4.79 Å². The lowest BCUT2D eigenvalue weighted by molar-refractivity contribution is -0.138. The molecule has 1 unspecified atom stereocenters. The molecule has 0 bridgehead atoms. The van der Waals surface area contributed by atoms with Crippen molar-refractivity contribution in [3.8, 4) is 0 Å². The number of benzene rings is 1. The van der Waals surface area contributed by atoms with Crippen LogP contribution in [0.2, 0.25) is 0 Å². The van der Waals surface area contributed by atoms with Gasteiger partial charge in [-0.05, 0) is 44.2 Å². The first kappa shape index (κ1) is 25.5. The topological polar surface area (TPSA) is 83.5 Å². The van der Waals surface area contributed by atoms with Gasteiger partial charge in [-0.2, -0.15) is 26.3 Å². The molecule has 0 saturated heterocycles. The largest absolute Gasteiger partial charge is 0.424 e. The number of amides is 1. The Balaban J connectivity index is 2.16. The first-order valence-electron chi connectivity index (χ1n) is 8.87. The maximum Gasteiger partial charge on any atom is 0.424 e. The SMILES string of the molecule is CC(C)(C(=O)NCC(O)c1c#cc(C(F)(F)F)cc1)S(=O)(=O)c1cccc(C(F)(F)F)c1. The van der Waals surface area contributed by atoms with E-state index in [2.05, 4.69) is 11.4 Å². The van der Waals surface area contributed by atoms with Crippen molar-refractivity contribution in [3.63, 3.8) is 0 Å². The first-order chi connectivity index (χ1) is 14.5. The second-order valence-electron chi connectivity index (χ2n) is 7.22. The third-order valence-corrected chi connectivity index (χ3v) is 6.99. The molecule has 0 spiro atoms. The van der Waals surface area contributed by atoms with Gasteiger partial charge in [-0.25, -0.2) is 8.42 Å². The van der Waals surface area contributed by atoms with Gasteiger partial charge in [-0.1, -0.05) is 18.2 Å². The first-order valence-corrected chi connectivity index (χ1v) is 10.4. The minimum Gasteiger partial charge on any atom is -0.386 e. The van der Waals surface area contributed by atoms with E-state index in [0.29, 0.717) is 18.2 Å². The quantitative estimate of drug-likeness (QED) is 0.616. The highest BCUT2D eigenvalue weighted by molar-refractivity contribution is 7.93. The van der Waals surface area contributed by atoms with Crippen LogP contribution >= 0.6 is 0 Å². The number of sulfone groups is 1. The fourth-order valence-corrected chi connectivity index (χ4v) is 3.97. The minimum atomic E-state index is -4.79. The number of aliphatic hydroxyl groups excluding tert-OH is 1. The van der Waals surface area contributed by atoms with Crippen LogP contribution in [0.4, 0.5) is 26.3 Å². The van der Waals surface area contributed by atoms with Gasteiger partial charge in [0.05, 0.1) is 10.5 Å². The van der Waals surface area contributed by atoms with Crippen LogP contribution in [-0.2, 0) is 27.0 Å². The summed E-state index contributed by atoms with van der Waals surface area (Å²) in [4.78, 5) is 11.8. The van der Waals surface area contributed by atoms with Gasteiger partial charge < -0.3 is 10.4 Å². The normalized spacial score (nSPS) is 13.9. The predicted octanol–water partition coefficient (Wildman–Crippen LogP) is 3.73. The molecule has 0 aliphatic heterocycles. The molecule has 0 radical (unpaired) electrons. The summed E-state index contributed by atoms with van der Waals surface area (Å²) < 4.78 is 99.8. The third kappa shape index (κ3) is 5.34. The average molecular weight is 481 g/mol. The van der Waals surface area contributed by atoms with E-state index in [9.17, 15) is 44.7 Å². The number of hydrogen-bond acceptors (Lipinski definition) is 4. The molecule has 1 amide bonds. The smallest absolute Gasteiger partial charge is 0.386 e. The zero-order valence-corrected chi connectivity index (χ0v) is 17.4. The Morgan fingerprint density at radius 2 is 1.66 bits per heavy atom. The molecule has 12 heteroatoms. The van der Waals surface area contributed by atoms with Gasteiger partial charge in [0, 0.05) is 12.1 Å². The molecule has 2 rings (SSSR count). The Bertz CT molecular complexity index is 1080. The average Bonchev–Trinajstić information content (AvgIpc) is 2.70. The predicted molar refractivity (Wildman–Crippen MR) is 99.8 cm³/mol. The molecule has 0 heterocycles. The van der Waals surface area contributed by atoms with Crippen molar-refractivity contribution in [2.45, 2.75) is 41.9 Å². The summed E-state index contributed by atoms with van der Waals surface area (Å²) in [6.45, 7) is 1.36. The van der Waals surface area contributed by atoms with Gasteiger partial charge in [-0.15, -0.1) is 0 Å². The summed E-state index contributed by atoms with van der Waals surface area (Å²) in [6.07, 6.45) is -11.0. The fraction of sp³-hybridized carbons (Fsp3) is 0.350. The van der Waals surface area contributed by atoms with Gasteiger partial charge in [0.2, 0.25) is 5.91 Å².